The molecule has 1 nitrogen and oxygen atoms in total. The molecule has 3 rings (SSSR count). The third-order valence-electron chi connectivity index (χ3n) is 3.31. The molecule has 0 saturated carbocycles. The Labute approximate surface area is 113 Å². The summed E-state index contributed by atoms with van der Waals surface area (Å²) < 4.78 is 40.2. The fraction of sp³-hybridized carbons (Fsp3) is 0.286. The van der Waals surface area contributed by atoms with Crippen molar-refractivity contribution >= 4 is 11.8 Å². The Morgan fingerprint density at radius 3 is 2.58 bits per heavy atom. The van der Waals surface area contributed by atoms with Gasteiger partial charge in [-0.2, -0.15) is 13.2 Å². The fourth-order valence-electron chi connectivity index (χ4n) is 2.39. The van der Waals surface area contributed by atoms with Gasteiger partial charge >= 0.3 is 6.18 Å². The van der Waals surface area contributed by atoms with Gasteiger partial charge in [-0.15, -0.1) is 11.8 Å². The van der Waals surface area contributed by atoms with Crippen molar-refractivity contribution in [3.8, 4) is 0 Å². The van der Waals surface area contributed by atoms with E-state index in [1.54, 1.807) is 22.5 Å². The standard InChI is InChI=1S/C14H12F3NS/c15-14(16,17)11-6-7-18-12(11)9-19-13(18)8-10-4-2-1-3-5-10/h1-7,13H,8-9H2/t13-/m1/s1. The molecule has 0 amide bonds. The highest BCUT2D eigenvalue weighted by atomic mass is 32.2. The average Bonchev–Trinajstić information content (AvgIpc) is 2.92. The number of thioether (sulfide) groups is 1. The van der Waals surface area contributed by atoms with Crippen molar-refractivity contribution in [2.75, 3.05) is 0 Å². The second-order valence-electron chi connectivity index (χ2n) is 4.54. The van der Waals surface area contributed by atoms with Crippen LogP contribution in [0.15, 0.2) is 42.6 Å². The normalized spacial score (nSPS) is 18.6. The summed E-state index contributed by atoms with van der Waals surface area (Å²) in [6.45, 7) is 0. The lowest BCUT2D eigenvalue weighted by atomic mass is 10.1. The van der Waals surface area contributed by atoms with Gasteiger partial charge in [0, 0.05) is 24.1 Å². The van der Waals surface area contributed by atoms with Crippen molar-refractivity contribution in [1.82, 2.24) is 4.57 Å². The van der Waals surface area contributed by atoms with Crippen LogP contribution in [0.2, 0.25) is 0 Å². The molecule has 1 aliphatic rings. The van der Waals surface area contributed by atoms with Gasteiger partial charge in [0.05, 0.1) is 10.9 Å². The smallest absolute Gasteiger partial charge is 0.337 e. The van der Waals surface area contributed by atoms with E-state index in [0.717, 1.165) is 12.0 Å². The van der Waals surface area contributed by atoms with Crippen LogP contribution >= 0.6 is 11.8 Å². The average molecular weight is 283 g/mol. The summed E-state index contributed by atoms with van der Waals surface area (Å²) in [5.74, 6) is 0.430. The van der Waals surface area contributed by atoms with E-state index in [0.29, 0.717) is 11.4 Å². The van der Waals surface area contributed by atoms with Crippen molar-refractivity contribution in [3.63, 3.8) is 0 Å². The predicted octanol–water partition coefficient (Wildman–Crippen LogP) is 4.50. The first-order chi connectivity index (χ1) is 9.05. The van der Waals surface area contributed by atoms with E-state index < -0.39 is 11.7 Å². The van der Waals surface area contributed by atoms with Crippen LogP contribution in [-0.4, -0.2) is 4.57 Å². The number of hydrogen-bond acceptors (Lipinski definition) is 1. The van der Waals surface area contributed by atoms with Gasteiger partial charge in [-0.1, -0.05) is 30.3 Å². The summed E-state index contributed by atoms with van der Waals surface area (Å²) in [6, 6.07) is 11.0. The Bertz CT molecular complexity index is 574. The van der Waals surface area contributed by atoms with Gasteiger partial charge in [0.1, 0.15) is 0 Å². The molecule has 1 aromatic heterocycles. The third kappa shape index (κ3) is 2.39. The van der Waals surface area contributed by atoms with Crippen molar-refractivity contribution < 1.29 is 13.2 Å². The van der Waals surface area contributed by atoms with E-state index in [9.17, 15) is 13.2 Å². The molecule has 0 aliphatic carbocycles. The lowest BCUT2D eigenvalue weighted by molar-refractivity contribution is -0.138. The van der Waals surface area contributed by atoms with Gasteiger partial charge < -0.3 is 4.57 Å². The molecule has 0 fully saturated rings. The molecule has 2 heterocycles. The number of halogens is 3. The van der Waals surface area contributed by atoms with Gasteiger partial charge in [0.2, 0.25) is 0 Å². The summed E-state index contributed by atoms with van der Waals surface area (Å²) >= 11 is 1.57. The predicted molar refractivity (Wildman–Crippen MR) is 69.9 cm³/mol. The van der Waals surface area contributed by atoms with Crippen molar-refractivity contribution in [2.24, 2.45) is 0 Å². The molecule has 0 bridgehead atoms. The second-order valence-corrected chi connectivity index (χ2v) is 5.70. The maximum absolute atomic E-state index is 12.8. The lowest BCUT2D eigenvalue weighted by Gasteiger charge is -2.12. The molecule has 2 aromatic rings. The van der Waals surface area contributed by atoms with Gasteiger partial charge in [-0.25, -0.2) is 0 Å². The van der Waals surface area contributed by atoms with Crippen LogP contribution in [0.4, 0.5) is 13.2 Å². The molecule has 5 heteroatoms. The number of benzene rings is 1. The van der Waals surface area contributed by atoms with Gasteiger partial charge in [0.15, 0.2) is 0 Å². The van der Waals surface area contributed by atoms with E-state index in [2.05, 4.69) is 0 Å². The number of rotatable bonds is 2. The lowest BCUT2D eigenvalue weighted by Crippen LogP contribution is -2.08. The highest BCUT2D eigenvalue weighted by Gasteiger charge is 2.38. The van der Waals surface area contributed by atoms with Crippen LogP contribution in [0.5, 0.6) is 0 Å². The topological polar surface area (TPSA) is 4.93 Å². The Morgan fingerprint density at radius 1 is 1.16 bits per heavy atom. The van der Waals surface area contributed by atoms with Crippen molar-refractivity contribution in [2.45, 2.75) is 23.7 Å². The van der Waals surface area contributed by atoms with Crippen LogP contribution in [0.3, 0.4) is 0 Å². The van der Waals surface area contributed by atoms with Gasteiger partial charge in [-0.05, 0) is 11.6 Å². The van der Waals surface area contributed by atoms with E-state index >= 15 is 0 Å². The number of fused-ring (bicyclic) bond motifs is 1. The molecule has 0 N–H and O–H groups in total. The van der Waals surface area contributed by atoms with Crippen LogP contribution in [-0.2, 0) is 18.3 Å². The number of hydrogen-bond donors (Lipinski definition) is 0. The summed E-state index contributed by atoms with van der Waals surface area (Å²) in [7, 11) is 0. The monoisotopic (exact) mass is 283 g/mol. The molecule has 0 saturated heterocycles. The van der Waals surface area contributed by atoms with E-state index in [-0.39, 0.29) is 5.37 Å². The minimum absolute atomic E-state index is 0.0634. The molecule has 19 heavy (non-hydrogen) atoms. The highest BCUT2D eigenvalue weighted by molar-refractivity contribution is 7.98. The first-order valence-corrected chi connectivity index (χ1v) is 7.03. The number of aromatic nitrogens is 1. The molecule has 1 atom stereocenters. The van der Waals surface area contributed by atoms with Crippen molar-refractivity contribution in [1.29, 1.82) is 0 Å². The first-order valence-electron chi connectivity index (χ1n) is 5.98. The number of nitrogens with zero attached hydrogens (tertiary/aromatic N) is 1. The SMILES string of the molecule is FC(F)(F)c1ccn2c1CS[C@@H]2Cc1ccccc1. The fourth-order valence-corrected chi connectivity index (χ4v) is 3.71. The quantitative estimate of drug-likeness (QED) is 0.786. The van der Waals surface area contributed by atoms with E-state index in [1.807, 2.05) is 30.3 Å². The highest BCUT2D eigenvalue weighted by Crippen LogP contribution is 2.44. The summed E-state index contributed by atoms with van der Waals surface area (Å²) in [5.41, 5.74) is 1.06. The Balaban J connectivity index is 1.86. The summed E-state index contributed by atoms with van der Waals surface area (Å²) in [5, 5.41) is 0.0634. The zero-order valence-electron chi connectivity index (χ0n) is 10.0. The largest absolute Gasteiger partial charge is 0.418 e. The Hall–Kier alpha value is -1.36. The minimum Gasteiger partial charge on any atom is -0.337 e. The molecular formula is C14H12F3NS. The molecule has 0 radical (unpaired) electrons. The first kappa shape index (κ1) is 12.7. The zero-order valence-corrected chi connectivity index (χ0v) is 10.8. The zero-order chi connectivity index (χ0) is 13.5. The molecular weight excluding hydrogens is 271 g/mol. The second kappa shape index (κ2) is 4.63. The molecule has 1 aromatic carbocycles. The molecule has 0 spiro atoms. The van der Waals surface area contributed by atoms with Crippen LogP contribution in [0, 0.1) is 0 Å². The van der Waals surface area contributed by atoms with E-state index in [4.69, 9.17) is 0 Å². The maximum atomic E-state index is 12.8. The number of alkyl halides is 3. The third-order valence-corrected chi connectivity index (χ3v) is 4.52. The van der Waals surface area contributed by atoms with E-state index in [1.165, 1.54) is 6.07 Å². The molecule has 1 aliphatic heterocycles. The maximum Gasteiger partial charge on any atom is 0.418 e. The van der Waals surface area contributed by atoms with Crippen LogP contribution in [0.1, 0.15) is 22.2 Å². The van der Waals surface area contributed by atoms with Crippen LogP contribution < -0.4 is 0 Å². The molecule has 100 valence electrons. The molecule has 0 unspecified atom stereocenters. The summed E-state index contributed by atoms with van der Waals surface area (Å²) in [6.07, 6.45) is -1.93. The minimum atomic E-state index is -4.25. The Morgan fingerprint density at radius 2 is 1.89 bits per heavy atom. The Kier molecular flexibility index (Phi) is 3.09. The summed E-state index contributed by atoms with van der Waals surface area (Å²) in [4.78, 5) is 0. The van der Waals surface area contributed by atoms with Gasteiger partial charge in [0.25, 0.3) is 0 Å². The van der Waals surface area contributed by atoms with Gasteiger partial charge in [-0.3, -0.25) is 0 Å². The van der Waals surface area contributed by atoms with Crippen LogP contribution in [0.25, 0.3) is 0 Å². The van der Waals surface area contributed by atoms with Crippen molar-refractivity contribution in [3.05, 3.63) is 59.4 Å².